The molecule has 96 valence electrons. The van der Waals surface area contributed by atoms with Crippen LogP contribution in [0.4, 0.5) is 0 Å². The Morgan fingerprint density at radius 2 is 2.00 bits per heavy atom. The number of hydrogen-bond acceptors (Lipinski definition) is 1. The average molecular weight is 242 g/mol. The number of fused-ring (bicyclic) bond motifs is 5. The van der Waals surface area contributed by atoms with E-state index in [1.165, 1.54) is 44.1 Å². The van der Waals surface area contributed by atoms with Crippen LogP contribution >= 0.6 is 0 Å². The molecule has 0 aliphatic heterocycles. The van der Waals surface area contributed by atoms with Crippen LogP contribution in [0, 0.1) is 23.7 Å². The third kappa shape index (κ3) is 1.56. The molecule has 4 unspecified atom stereocenters. The van der Waals surface area contributed by atoms with Crippen molar-refractivity contribution in [2.24, 2.45) is 23.7 Å². The Morgan fingerprint density at radius 3 is 2.94 bits per heavy atom. The quantitative estimate of drug-likeness (QED) is 0.586. The maximum atomic E-state index is 11.6. The summed E-state index contributed by atoms with van der Waals surface area (Å²) in [5.74, 6) is 3.89. The van der Waals surface area contributed by atoms with Gasteiger partial charge in [-0.1, -0.05) is 23.6 Å². The third-order valence-electron chi connectivity index (χ3n) is 5.94. The molecule has 0 spiro atoms. The van der Waals surface area contributed by atoms with Crippen molar-refractivity contribution in [2.75, 3.05) is 0 Å². The molecule has 0 amide bonds. The minimum Gasteiger partial charge on any atom is -0.295 e. The largest absolute Gasteiger partial charge is 0.295 e. The van der Waals surface area contributed by atoms with Gasteiger partial charge in [-0.25, -0.2) is 0 Å². The predicted octanol–water partition coefficient (Wildman–Crippen LogP) is 4.05. The first-order valence-electron chi connectivity index (χ1n) is 7.76. The lowest BCUT2D eigenvalue weighted by atomic mass is 9.61. The van der Waals surface area contributed by atoms with Gasteiger partial charge in [-0.05, 0) is 62.4 Å². The van der Waals surface area contributed by atoms with E-state index in [1.807, 2.05) is 6.08 Å². The molecule has 1 nitrogen and oxygen atoms in total. The lowest BCUT2D eigenvalue weighted by Crippen LogP contribution is -2.33. The van der Waals surface area contributed by atoms with Crippen LogP contribution in [0.3, 0.4) is 0 Å². The van der Waals surface area contributed by atoms with E-state index in [9.17, 15) is 4.79 Å². The summed E-state index contributed by atoms with van der Waals surface area (Å²) >= 11 is 0. The van der Waals surface area contributed by atoms with Crippen molar-refractivity contribution in [3.8, 4) is 0 Å². The van der Waals surface area contributed by atoms with E-state index in [1.54, 1.807) is 5.57 Å². The summed E-state index contributed by atoms with van der Waals surface area (Å²) < 4.78 is 0. The Morgan fingerprint density at radius 1 is 1.06 bits per heavy atom. The molecule has 4 atom stereocenters. The summed E-state index contributed by atoms with van der Waals surface area (Å²) in [5.41, 5.74) is 3.20. The normalized spacial score (nSPS) is 42.6. The summed E-state index contributed by atoms with van der Waals surface area (Å²) in [6.07, 6.45) is 14.7. The fourth-order valence-electron chi connectivity index (χ4n) is 5.16. The monoisotopic (exact) mass is 242 g/mol. The van der Waals surface area contributed by atoms with Crippen LogP contribution < -0.4 is 0 Å². The van der Waals surface area contributed by atoms with E-state index in [2.05, 4.69) is 6.08 Å². The first-order chi connectivity index (χ1) is 8.83. The molecule has 0 aromatic rings. The third-order valence-corrected chi connectivity index (χ3v) is 5.94. The zero-order chi connectivity index (χ0) is 12.1. The standard InChI is InChI=1S/C17H22O/c18-13-6-9-15-12(10-13)5-8-16-14-3-1-2-11(14)4-7-17(15)16/h7,10-11,14-16H,1-6,8-9H2. The second kappa shape index (κ2) is 4.08. The smallest absolute Gasteiger partial charge is 0.155 e. The lowest BCUT2D eigenvalue weighted by Gasteiger charge is -2.43. The van der Waals surface area contributed by atoms with Gasteiger partial charge in [0.1, 0.15) is 0 Å². The topological polar surface area (TPSA) is 17.1 Å². The van der Waals surface area contributed by atoms with Gasteiger partial charge in [0, 0.05) is 12.3 Å². The van der Waals surface area contributed by atoms with Crippen LogP contribution in [0.15, 0.2) is 23.3 Å². The molecule has 0 saturated heterocycles. The van der Waals surface area contributed by atoms with Gasteiger partial charge in [-0.15, -0.1) is 0 Å². The van der Waals surface area contributed by atoms with E-state index in [-0.39, 0.29) is 0 Å². The zero-order valence-corrected chi connectivity index (χ0v) is 11.0. The van der Waals surface area contributed by atoms with Gasteiger partial charge in [-0.2, -0.15) is 0 Å². The molecule has 1 heteroatoms. The molecule has 0 aromatic heterocycles. The van der Waals surface area contributed by atoms with E-state index >= 15 is 0 Å². The molecule has 0 bridgehead atoms. The summed E-state index contributed by atoms with van der Waals surface area (Å²) in [7, 11) is 0. The molecule has 0 aromatic carbocycles. The molecule has 0 heterocycles. The Balaban J connectivity index is 1.68. The van der Waals surface area contributed by atoms with E-state index in [0.29, 0.717) is 11.7 Å². The number of carbonyl (C=O) groups excluding carboxylic acids is 1. The molecular formula is C17H22O. The molecule has 2 saturated carbocycles. The first kappa shape index (κ1) is 11.0. The van der Waals surface area contributed by atoms with Crippen LogP contribution in [0.2, 0.25) is 0 Å². The van der Waals surface area contributed by atoms with Gasteiger partial charge in [0.05, 0.1) is 0 Å². The molecule has 18 heavy (non-hydrogen) atoms. The van der Waals surface area contributed by atoms with Crippen molar-refractivity contribution in [1.29, 1.82) is 0 Å². The molecule has 0 radical (unpaired) electrons. The second-order valence-corrected chi connectivity index (χ2v) is 6.72. The van der Waals surface area contributed by atoms with Crippen molar-refractivity contribution in [3.05, 3.63) is 23.3 Å². The van der Waals surface area contributed by atoms with Crippen molar-refractivity contribution in [2.45, 2.75) is 51.4 Å². The van der Waals surface area contributed by atoms with Crippen molar-refractivity contribution < 1.29 is 4.79 Å². The van der Waals surface area contributed by atoms with Crippen molar-refractivity contribution in [1.82, 2.24) is 0 Å². The molecule has 0 N–H and O–H groups in total. The SMILES string of the molecule is O=C1C=C2CCC3C(=CCC4CCCC43)C2CC1. The van der Waals surface area contributed by atoms with Crippen molar-refractivity contribution in [3.63, 3.8) is 0 Å². The highest BCUT2D eigenvalue weighted by atomic mass is 16.1. The molecule has 2 fully saturated rings. The minimum absolute atomic E-state index is 0.370. The number of allylic oxidation sites excluding steroid dienone is 4. The fourth-order valence-corrected chi connectivity index (χ4v) is 5.16. The number of rotatable bonds is 0. The first-order valence-corrected chi connectivity index (χ1v) is 7.76. The van der Waals surface area contributed by atoms with Gasteiger partial charge in [0.2, 0.25) is 0 Å². The predicted molar refractivity (Wildman–Crippen MR) is 72.1 cm³/mol. The van der Waals surface area contributed by atoms with Gasteiger partial charge >= 0.3 is 0 Å². The van der Waals surface area contributed by atoms with Crippen LogP contribution in [0.1, 0.15) is 51.4 Å². The van der Waals surface area contributed by atoms with Crippen LogP contribution in [-0.2, 0) is 4.79 Å². The maximum Gasteiger partial charge on any atom is 0.155 e. The minimum atomic E-state index is 0.370. The Labute approximate surface area is 109 Å². The number of carbonyl (C=O) groups is 1. The van der Waals surface area contributed by atoms with E-state index < -0.39 is 0 Å². The highest BCUT2D eigenvalue weighted by molar-refractivity contribution is 5.91. The van der Waals surface area contributed by atoms with Crippen LogP contribution in [-0.4, -0.2) is 5.78 Å². The zero-order valence-electron chi connectivity index (χ0n) is 11.0. The van der Waals surface area contributed by atoms with Crippen LogP contribution in [0.5, 0.6) is 0 Å². The van der Waals surface area contributed by atoms with Gasteiger partial charge in [-0.3, -0.25) is 4.79 Å². The lowest BCUT2D eigenvalue weighted by molar-refractivity contribution is -0.115. The van der Waals surface area contributed by atoms with Gasteiger partial charge in [0.25, 0.3) is 0 Å². The van der Waals surface area contributed by atoms with Crippen LogP contribution in [0.25, 0.3) is 0 Å². The highest BCUT2D eigenvalue weighted by Crippen LogP contribution is 2.54. The van der Waals surface area contributed by atoms with Gasteiger partial charge < -0.3 is 0 Å². The van der Waals surface area contributed by atoms with E-state index in [4.69, 9.17) is 0 Å². The number of ketones is 1. The summed E-state index contributed by atoms with van der Waals surface area (Å²) in [6, 6.07) is 0. The maximum absolute atomic E-state index is 11.6. The fraction of sp³-hybridized carbons (Fsp3) is 0.706. The molecule has 4 aliphatic carbocycles. The molecular weight excluding hydrogens is 220 g/mol. The molecule has 4 rings (SSSR count). The highest BCUT2D eigenvalue weighted by Gasteiger charge is 2.43. The molecule has 4 aliphatic rings. The second-order valence-electron chi connectivity index (χ2n) is 6.72. The average Bonchev–Trinajstić information content (AvgIpc) is 2.86. The summed E-state index contributed by atoms with van der Waals surface area (Å²) in [4.78, 5) is 11.6. The summed E-state index contributed by atoms with van der Waals surface area (Å²) in [6.45, 7) is 0. The summed E-state index contributed by atoms with van der Waals surface area (Å²) in [5, 5.41) is 0. The number of hydrogen-bond donors (Lipinski definition) is 0. The Hall–Kier alpha value is -0.850. The Bertz CT molecular complexity index is 443. The van der Waals surface area contributed by atoms with Crippen molar-refractivity contribution >= 4 is 5.78 Å². The van der Waals surface area contributed by atoms with Gasteiger partial charge in [0.15, 0.2) is 5.78 Å². The Kier molecular flexibility index (Phi) is 2.50. The van der Waals surface area contributed by atoms with E-state index in [0.717, 1.165) is 30.6 Å².